The maximum Gasteiger partial charge on any atom is 0.254 e. The predicted molar refractivity (Wildman–Crippen MR) is 129 cm³/mol. The van der Waals surface area contributed by atoms with E-state index in [0.29, 0.717) is 29.7 Å². The van der Waals surface area contributed by atoms with Crippen LogP contribution in [0.2, 0.25) is 0 Å². The number of rotatable bonds is 6. The Morgan fingerprint density at radius 3 is 2.44 bits per heavy atom. The number of primary amides is 1. The number of halogens is 1. The number of methoxy groups -OCH3 is 1. The third-order valence-corrected chi connectivity index (χ3v) is 5.91. The molecule has 1 aliphatic carbocycles. The summed E-state index contributed by atoms with van der Waals surface area (Å²) in [5.74, 6) is -1.45. The van der Waals surface area contributed by atoms with Crippen LogP contribution in [0.5, 0.6) is 5.75 Å². The summed E-state index contributed by atoms with van der Waals surface area (Å²) in [6, 6.07) is 13.7. The van der Waals surface area contributed by atoms with E-state index in [1.807, 2.05) is 30.3 Å². The number of nitrogens with zero attached hydrogens (tertiary/aromatic N) is 2. The molecule has 1 aliphatic rings. The van der Waals surface area contributed by atoms with Gasteiger partial charge in [-0.1, -0.05) is 30.3 Å². The lowest BCUT2D eigenvalue weighted by Crippen LogP contribution is -2.44. The quantitative estimate of drug-likeness (QED) is 0.251. The Bertz CT molecular complexity index is 1330. The van der Waals surface area contributed by atoms with Gasteiger partial charge in [-0.15, -0.1) is 0 Å². The molecule has 9 heteroatoms. The second-order valence-electron chi connectivity index (χ2n) is 8.63. The Morgan fingerprint density at radius 1 is 1.18 bits per heavy atom. The molecule has 34 heavy (non-hydrogen) atoms. The standard InChI is InChI=1S/C25H26FN5O3/c1-25(33)11-14(12-25)30-23(28)19(24(29)32)21(27)16-9-8-15-18(34-2)10-17(31-22(15)20(16)26)13-6-4-3-5-7-13/h3-10,14,33H,11-12,27H2,1-2H3,(H2,28,30)(H2,29,32)/b21-19+. The van der Waals surface area contributed by atoms with Gasteiger partial charge >= 0.3 is 0 Å². The first kappa shape index (κ1) is 23.2. The van der Waals surface area contributed by atoms with E-state index in [1.165, 1.54) is 13.2 Å². The van der Waals surface area contributed by atoms with Crippen molar-refractivity contribution in [3.63, 3.8) is 0 Å². The van der Waals surface area contributed by atoms with E-state index < -0.39 is 17.3 Å². The summed E-state index contributed by atoms with van der Waals surface area (Å²) in [6.45, 7) is 1.68. The fourth-order valence-corrected chi connectivity index (χ4v) is 4.20. The fraction of sp³-hybridized carbons (Fsp3) is 0.240. The number of aliphatic imine (C=N–C) groups is 1. The molecule has 2 aromatic carbocycles. The topological polar surface area (TPSA) is 150 Å². The lowest BCUT2D eigenvalue weighted by atomic mass is 9.77. The molecule has 1 heterocycles. The van der Waals surface area contributed by atoms with Crippen molar-refractivity contribution in [1.82, 2.24) is 4.98 Å². The molecule has 0 radical (unpaired) electrons. The molecule has 0 saturated heterocycles. The van der Waals surface area contributed by atoms with Gasteiger partial charge in [0, 0.05) is 22.6 Å². The van der Waals surface area contributed by atoms with Crippen LogP contribution >= 0.6 is 0 Å². The maximum absolute atomic E-state index is 15.8. The van der Waals surface area contributed by atoms with E-state index >= 15 is 4.39 Å². The molecule has 1 amide bonds. The minimum atomic E-state index is -0.937. The number of hydrogen-bond acceptors (Lipinski definition) is 6. The first-order valence-electron chi connectivity index (χ1n) is 10.7. The van der Waals surface area contributed by atoms with Gasteiger partial charge in [-0.25, -0.2) is 9.37 Å². The molecule has 0 atom stereocenters. The van der Waals surface area contributed by atoms with Crippen molar-refractivity contribution in [1.29, 1.82) is 0 Å². The van der Waals surface area contributed by atoms with Gasteiger partial charge in [0.1, 0.15) is 22.7 Å². The first-order chi connectivity index (χ1) is 16.1. The van der Waals surface area contributed by atoms with Gasteiger partial charge in [0.25, 0.3) is 5.91 Å². The van der Waals surface area contributed by atoms with Gasteiger partial charge in [-0.3, -0.25) is 9.79 Å². The summed E-state index contributed by atoms with van der Waals surface area (Å²) < 4.78 is 21.2. The summed E-state index contributed by atoms with van der Waals surface area (Å²) in [4.78, 5) is 21.0. The van der Waals surface area contributed by atoms with Crippen molar-refractivity contribution in [2.45, 2.75) is 31.4 Å². The third-order valence-electron chi connectivity index (χ3n) is 5.91. The highest BCUT2D eigenvalue weighted by molar-refractivity contribution is 6.24. The van der Waals surface area contributed by atoms with Crippen molar-refractivity contribution >= 4 is 28.3 Å². The molecule has 3 aromatic rings. The lowest BCUT2D eigenvalue weighted by molar-refractivity contribution is -0.114. The highest BCUT2D eigenvalue weighted by Gasteiger charge is 2.38. The number of fused-ring (bicyclic) bond motifs is 1. The third kappa shape index (κ3) is 4.29. The largest absolute Gasteiger partial charge is 0.496 e. The molecule has 0 aliphatic heterocycles. The van der Waals surface area contributed by atoms with E-state index in [0.717, 1.165) is 5.56 Å². The highest BCUT2D eigenvalue weighted by atomic mass is 19.1. The summed E-state index contributed by atoms with van der Waals surface area (Å²) >= 11 is 0. The molecule has 176 valence electrons. The normalized spacial score (nSPS) is 21.1. The number of benzene rings is 2. The van der Waals surface area contributed by atoms with Crippen LogP contribution < -0.4 is 21.9 Å². The number of carbonyl (C=O) groups is 1. The second kappa shape index (κ2) is 8.75. The molecular formula is C25H26FN5O3. The predicted octanol–water partition coefficient (Wildman–Crippen LogP) is 2.48. The van der Waals surface area contributed by atoms with Crippen LogP contribution in [0.1, 0.15) is 25.3 Å². The molecule has 0 bridgehead atoms. The second-order valence-corrected chi connectivity index (χ2v) is 8.63. The molecule has 1 aromatic heterocycles. The monoisotopic (exact) mass is 463 g/mol. The average Bonchev–Trinajstić information content (AvgIpc) is 2.78. The number of nitrogens with two attached hydrogens (primary N) is 3. The molecule has 8 nitrogen and oxygen atoms in total. The van der Waals surface area contributed by atoms with Crippen LogP contribution in [0.4, 0.5) is 4.39 Å². The van der Waals surface area contributed by atoms with Gasteiger partial charge in [0.05, 0.1) is 30.1 Å². The highest BCUT2D eigenvalue weighted by Crippen LogP contribution is 2.35. The first-order valence-corrected chi connectivity index (χ1v) is 10.7. The zero-order valence-corrected chi connectivity index (χ0v) is 18.9. The van der Waals surface area contributed by atoms with E-state index in [9.17, 15) is 9.90 Å². The summed E-state index contributed by atoms with van der Waals surface area (Å²) in [5.41, 5.74) is 17.6. The number of amidine groups is 1. The van der Waals surface area contributed by atoms with Crippen molar-refractivity contribution < 1.29 is 19.0 Å². The van der Waals surface area contributed by atoms with Crippen LogP contribution in [0.3, 0.4) is 0 Å². The van der Waals surface area contributed by atoms with E-state index in [4.69, 9.17) is 21.9 Å². The minimum Gasteiger partial charge on any atom is -0.496 e. The average molecular weight is 464 g/mol. The Labute approximate surface area is 195 Å². The van der Waals surface area contributed by atoms with Crippen LogP contribution in [0.15, 0.2) is 59.1 Å². The summed E-state index contributed by atoms with van der Waals surface area (Å²) in [7, 11) is 1.49. The van der Waals surface area contributed by atoms with Gasteiger partial charge < -0.3 is 27.0 Å². The summed E-state index contributed by atoms with van der Waals surface area (Å²) in [6.07, 6.45) is 0.770. The molecule has 0 spiro atoms. The molecule has 4 rings (SSSR count). The zero-order valence-electron chi connectivity index (χ0n) is 18.9. The van der Waals surface area contributed by atoms with Crippen LogP contribution in [-0.4, -0.2) is 40.6 Å². The van der Waals surface area contributed by atoms with Crippen molar-refractivity contribution in [2.24, 2.45) is 22.2 Å². The van der Waals surface area contributed by atoms with E-state index in [2.05, 4.69) is 9.98 Å². The number of amides is 1. The lowest BCUT2D eigenvalue weighted by Gasteiger charge is -2.38. The summed E-state index contributed by atoms with van der Waals surface area (Å²) in [5, 5.41) is 10.4. The zero-order chi connectivity index (χ0) is 24.6. The maximum atomic E-state index is 15.8. The Balaban J connectivity index is 1.85. The molecule has 0 unspecified atom stereocenters. The Morgan fingerprint density at radius 2 is 1.85 bits per heavy atom. The Kier molecular flexibility index (Phi) is 5.97. The SMILES string of the molecule is COc1cc(-c2ccccc2)nc2c(F)c(/C(N)=C(\C(N)=O)C(N)=NC3CC(C)(O)C3)ccc12. The van der Waals surface area contributed by atoms with Gasteiger partial charge in [-0.05, 0) is 31.9 Å². The molecule has 1 saturated carbocycles. The molecular weight excluding hydrogens is 437 g/mol. The van der Waals surface area contributed by atoms with Crippen LogP contribution in [0, 0.1) is 5.82 Å². The Hall–Kier alpha value is -3.98. The van der Waals surface area contributed by atoms with Crippen LogP contribution in [0.25, 0.3) is 27.9 Å². The smallest absolute Gasteiger partial charge is 0.254 e. The van der Waals surface area contributed by atoms with Crippen molar-refractivity contribution in [3.8, 4) is 17.0 Å². The number of pyridine rings is 1. The minimum absolute atomic E-state index is 0.0213. The number of ether oxygens (including phenoxy) is 1. The fourth-order valence-electron chi connectivity index (χ4n) is 4.20. The van der Waals surface area contributed by atoms with E-state index in [-0.39, 0.29) is 34.2 Å². The van der Waals surface area contributed by atoms with Crippen LogP contribution in [-0.2, 0) is 4.79 Å². The number of hydrogen-bond donors (Lipinski definition) is 4. The van der Waals surface area contributed by atoms with E-state index in [1.54, 1.807) is 19.1 Å². The molecule has 1 fully saturated rings. The van der Waals surface area contributed by atoms with Gasteiger partial charge in [0.2, 0.25) is 0 Å². The number of aliphatic hydroxyl groups is 1. The number of carbonyl (C=O) groups excluding carboxylic acids is 1. The molecule has 7 N–H and O–H groups in total. The van der Waals surface area contributed by atoms with Gasteiger partial charge in [0.15, 0.2) is 5.82 Å². The van der Waals surface area contributed by atoms with Crippen molar-refractivity contribution in [2.75, 3.05) is 7.11 Å². The number of aromatic nitrogens is 1. The van der Waals surface area contributed by atoms with Crippen molar-refractivity contribution in [3.05, 3.63) is 65.5 Å². The van der Waals surface area contributed by atoms with Gasteiger partial charge in [-0.2, -0.15) is 0 Å².